The minimum absolute atomic E-state index is 0.187. The molecule has 2 aromatic carbocycles. The molecule has 0 unspecified atom stereocenters. The van der Waals surface area contributed by atoms with Crippen molar-refractivity contribution in [1.82, 2.24) is 10.3 Å². The maximum Gasteiger partial charge on any atom is 0.251 e. The minimum Gasteiger partial charge on any atom is -0.348 e. The summed E-state index contributed by atoms with van der Waals surface area (Å²) in [6, 6.07) is 16.4. The van der Waals surface area contributed by atoms with Crippen molar-refractivity contribution in [2.75, 3.05) is 10.6 Å². The number of hydrogen-bond donors (Lipinski definition) is 1. The highest BCUT2D eigenvalue weighted by molar-refractivity contribution is 7.92. The van der Waals surface area contributed by atoms with E-state index in [1.54, 1.807) is 36.7 Å². The minimum atomic E-state index is -3.47. The summed E-state index contributed by atoms with van der Waals surface area (Å²) in [5.74, 6) is -0.187. The Labute approximate surface area is 177 Å². The van der Waals surface area contributed by atoms with Gasteiger partial charge in [-0.15, -0.1) is 0 Å². The Hall–Kier alpha value is -3.19. The molecule has 1 heterocycles. The molecule has 0 fully saturated rings. The molecule has 0 spiro atoms. The number of pyridine rings is 1. The van der Waals surface area contributed by atoms with Crippen LogP contribution in [0.1, 0.15) is 32.6 Å². The van der Waals surface area contributed by atoms with Crippen LogP contribution in [0.4, 0.5) is 5.69 Å². The third-order valence-electron chi connectivity index (χ3n) is 4.78. The van der Waals surface area contributed by atoms with Crippen LogP contribution < -0.4 is 9.62 Å². The van der Waals surface area contributed by atoms with Crippen LogP contribution in [0, 0.1) is 13.8 Å². The van der Waals surface area contributed by atoms with Gasteiger partial charge >= 0.3 is 0 Å². The lowest BCUT2D eigenvalue weighted by Crippen LogP contribution is -2.30. The molecule has 1 N–H and O–H groups in total. The number of sulfonamides is 1. The number of benzene rings is 2. The first-order chi connectivity index (χ1) is 14.2. The zero-order valence-corrected chi connectivity index (χ0v) is 18.1. The van der Waals surface area contributed by atoms with E-state index in [4.69, 9.17) is 0 Å². The number of rotatable bonds is 7. The van der Waals surface area contributed by atoms with Gasteiger partial charge in [-0.1, -0.05) is 24.3 Å². The summed E-state index contributed by atoms with van der Waals surface area (Å²) in [7, 11) is -3.47. The van der Waals surface area contributed by atoms with E-state index in [2.05, 4.69) is 10.3 Å². The highest BCUT2D eigenvalue weighted by Crippen LogP contribution is 2.26. The van der Waals surface area contributed by atoms with Crippen molar-refractivity contribution in [3.8, 4) is 0 Å². The topological polar surface area (TPSA) is 79.4 Å². The zero-order valence-electron chi connectivity index (χ0n) is 17.3. The fourth-order valence-electron chi connectivity index (χ4n) is 3.08. The molecule has 0 atom stereocenters. The Morgan fingerprint density at radius 3 is 2.27 bits per heavy atom. The van der Waals surface area contributed by atoms with Gasteiger partial charge in [0.2, 0.25) is 10.0 Å². The monoisotopic (exact) mass is 423 g/mol. The Morgan fingerprint density at radius 2 is 1.63 bits per heavy atom. The smallest absolute Gasteiger partial charge is 0.251 e. The Kier molecular flexibility index (Phi) is 6.52. The summed E-state index contributed by atoms with van der Waals surface area (Å²) in [6.45, 7) is 4.44. The number of carbonyl (C=O) groups is 1. The lowest BCUT2D eigenvalue weighted by atomic mass is 10.1. The molecule has 0 bridgehead atoms. The highest BCUT2D eigenvalue weighted by atomic mass is 32.2. The largest absolute Gasteiger partial charge is 0.348 e. The van der Waals surface area contributed by atoms with Crippen molar-refractivity contribution in [3.63, 3.8) is 0 Å². The molecule has 156 valence electrons. The number of aryl methyl sites for hydroxylation is 2. The van der Waals surface area contributed by atoms with Crippen LogP contribution >= 0.6 is 0 Å². The fourth-order valence-corrected chi connectivity index (χ4v) is 4.02. The Bertz CT molecular complexity index is 1130. The number of amides is 1. The lowest BCUT2D eigenvalue weighted by molar-refractivity contribution is 0.0951. The molecule has 0 saturated carbocycles. The molecule has 1 aromatic heterocycles. The first-order valence-electron chi connectivity index (χ1n) is 9.55. The van der Waals surface area contributed by atoms with E-state index in [0.29, 0.717) is 17.8 Å². The number of nitrogens with zero attached hydrogens (tertiary/aromatic N) is 2. The van der Waals surface area contributed by atoms with Gasteiger partial charge in [0.15, 0.2) is 0 Å². The second-order valence-corrected chi connectivity index (χ2v) is 9.20. The number of hydrogen-bond acceptors (Lipinski definition) is 4. The van der Waals surface area contributed by atoms with Crippen molar-refractivity contribution < 1.29 is 13.2 Å². The molecule has 0 saturated heterocycles. The molecule has 3 aromatic rings. The summed E-state index contributed by atoms with van der Waals surface area (Å²) in [5, 5.41) is 2.87. The van der Waals surface area contributed by atoms with Crippen LogP contribution in [0.15, 0.2) is 67.0 Å². The van der Waals surface area contributed by atoms with Crippen LogP contribution in [-0.2, 0) is 23.1 Å². The number of nitrogens with one attached hydrogen (secondary N) is 1. The third kappa shape index (κ3) is 5.45. The summed E-state index contributed by atoms with van der Waals surface area (Å²) < 4.78 is 26.3. The molecule has 0 aliphatic heterocycles. The molecule has 6 nitrogen and oxygen atoms in total. The van der Waals surface area contributed by atoms with E-state index in [1.165, 1.54) is 10.6 Å². The average molecular weight is 424 g/mol. The van der Waals surface area contributed by atoms with Crippen LogP contribution in [0.25, 0.3) is 0 Å². The molecule has 0 aliphatic rings. The van der Waals surface area contributed by atoms with E-state index >= 15 is 0 Å². The third-order valence-corrected chi connectivity index (χ3v) is 5.90. The maximum atomic E-state index is 12.5. The van der Waals surface area contributed by atoms with Gasteiger partial charge in [-0.2, -0.15) is 0 Å². The molecule has 3 rings (SSSR count). The van der Waals surface area contributed by atoms with Gasteiger partial charge in [0.05, 0.1) is 18.5 Å². The molecular formula is C23H25N3O3S. The fraction of sp³-hybridized carbons (Fsp3) is 0.217. The SMILES string of the molecule is Cc1ccc(C)c(N(Cc2ccc(C(=O)NCc3ccncc3)cc2)S(C)(=O)=O)c1. The van der Waals surface area contributed by atoms with Crippen LogP contribution in [0.3, 0.4) is 0 Å². The van der Waals surface area contributed by atoms with Crippen molar-refractivity contribution >= 4 is 21.6 Å². The molecule has 0 aliphatic carbocycles. The van der Waals surface area contributed by atoms with Gasteiger partial charge in [-0.05, 0) is 66.4 Å². The summed E-state index contributed by atoms with van der Waals surface area (Å²) >= 11 is 0. The van der Waals surface area contributed by atoms with Gasteiger partial charge in [0, 0.05) is 24.5 Å². The second kappa shape index (κ2) is 9.09. The standard InChI is InChI=1S/C23H25N3O3S/c1-17-4-5-18(2)22(14-17)26(30(3,28)29)16-20-6-8-21(9-7-20)23(27)25-15-19-10-12-24-13-11-19/h4-14H,15-16H2,1-3H3,(H,25,27). The van der Waals surface area contributed by atoms with Crippen molar-refractivity contribution in [2.24, 2.45) is 0 Å². The van der Waals surface area contributed by atoms with E-state index in [1.807, 2.05) is 44.2 Å². The maximum absolute atomic E-state index is 12.5. The highest BCUT2D eigenvalue weighted by Gasteiger charge is 2.20. The van der Waals surface area contributed by atoms with Crippen molar-refractivity contribution in [3.05, 3.63) is 94.8 Å². The zero-order chi connectivity index (χ0) is 21.7. The van der Waals surface area contributed by atoms with Gasteiger partial charge in [-0.3, -0.25) is 14.1 Å². The number of aromatic nitrogens is 1. The lowest BCUT2D eigenvalue weighted by Gasteiger charge is -2.25. The Morgan fingerprint density at radius 1 is 0.967 bits per heavy atom. The first kappa shape index (κ1) is 21.5. The molecule has 1 amide bonds. The predicted octanol–water partition coefficient (Wildman–Crippen LogP) is 3.59. The van der Waals surface area contributed by atoms with E-state index in [9.17, 15) is 13.2 Å². The summed E-state index contributed by atoms with van der Waals surface area (Å²) in [4.78, 5) is 16.3. The summed E-state index contributed by atoms with van der Waals surface area (Å²) in [6.07, 6.45) is 4.56. The molecule has 30 heavy (non-hydrogen) atoms. The van der Waals surface area contributed by atoms with Gasteiger partial charge < -0.3 is 5.32 Å². The number of carbonyl (C=O) groups excluding carboxylic acids is 1. The van der Waals surface area contributed by atoms with Crippen LogP contribution in [0.2, 0.25) is 0 Å². The Balaban J connectivity index is 1.74. The number of anilines is 1. The summed E-state index contributed by atoms with van der Waals surface area (Å²) in [5.41, 5.74) is 4.82. The van der Waals surface area contributed by atoms with Crippen LogP contribution in [0.5, 0.6) is 0 Å². The molecule has 7 heteroatoms. The van der Waals surface area contributed by atoms with E-state index in [0.717, 1.165) is 22.3 Å². The normalized spacial score (nSPS) is 11.2. The van der Waals surface area contributed by atoms with Crippen molar-refractivity contribution in [2.45, 2.75) is 26.9 Å². The van der Waals surface area contributed by atoms with Crippen molar-refractivity contribution in [1.29, 1.82) is 0 Å². The van der Waals surface area contributed by atoms with Gasteiger partial charge in [0.25, 0.3) is 5.91 Å². The van der Waals surface area contributed by atoms with E-state index < -0.39 is 10.0 Å². The van der Waals surface area contributed by atoms with E-state index in [-0.39, 0.29) is 12.5 Å². The molecular weight excluding hydrogens is 398 g/mol. The molecule has 0 radical (unpaired) electrons. The second-order valence-electron chi connectivity index (χ2n) is 7.29. The van der Waals surface area contributed by atoms with Gasteiger partial charge in [0.1, 0.15) is 0 Å². The van der Waals surface area contributed by atoms with Gasteiger partial charge in [-0.25, -0.2) is 8.42 Å². The first-order valence-corrected chi connectivity index (χ1v) is 11.4. The predicted molar refractivity (Wildman–Crippen MR) is 119 cm³/mol. The van der Waals surface area contributed by atoms with Crippen LogP contribution in [-0.4, -0.2) is 25.6 Å². The average Bonchev–Trinajstić information content (AvgIpc) is 2.72. The quantitative estimate of drug-likeness (QED) is 0.630.